The molecule has 0 radical (unpaired) electrons. The Morgan fingerprint density at radius 2 is 2.06 bits per heavy atom. The van der Waals surface area contributed by atoms with Crippen molar-refractivity contribution in [3.63, 3.8) is 0 Å². The summed E-state index contributed by atoms with van der Waals surface area (Å²) < 4.78 is 0. The molecule has 1 amide bonds. The van der Waals surface area contributed by atoms with E-state index in [1.54, 1.807) is 0 Å². The Morgan fingerprint density at radius 1 is 1.31 bits per heavy atom. The van der Waals surface area contributed by atoms with E-state index >= 15 is 0 Å². The molecule has 1 aliphatic heterocycles. The molecule has 0 aromatic carbocycles. The van der Waals surface area contributed by atoms with E-state index in [9.17, 15) is 9.59 Å². The Balaban J connectivity index is 2.35. The van der Waals surface area contributed by atoms with Gasteiger partial charge < -0.3 is 10.0 Å². The Kier molecular flexibility index (Phi) is 5.66. The van der Waals surface area contributed by atoms with Crippen molar-refractivity contribution < 1.29 is 14.7 Å². The van der Waals surface area contributed by atoms with Gasteiger partial charge in [0.15, 0.2) is 0 Å². The van der Waals surface area contributed by atoms with Gasteiger partial charge in [0.25, 0.3) is 0 Å². The Morgan fingerprint density at radius 3 is 2.75 bits per heavy atom. The first kappa shape index (κ1) is 13.4. The van der Waals surface area contributed by atoms with E-state index in [2.05, 4.69) is 6.92 Å². The van der Waals surface area contributed by atoms with Crippen molar-refractivity contribution in [2.45, 2.75) is 38.6 Å². The van der Waals surface area contributed by atoms with Crippen molar-refractivity contribution >= 4 is 23.6 Å². The topological polar surface area (TPSA) is 57.6 Å². The number of likely N-dealkylation sites (tertiary alicyclic amines) is 1. The van der Waals surface area contributed by atoms with E-state index in [4.69, 9.17) is 5.11 Å². The molecular formula is C11H19NO3S. The second-order valence-electron chi connectivity index (χ2n) is 4.17. The maximum Gasteiger partial charge on any atom is 0.313 e. The summed E-state index contributed by atoms with van der Waals surface area (Å²) in [6, 6.07) is 0.306. The van der Waals surface area contributed by atoms with Crippen LogP contribution in [0.25, 0.3) is 0 Å². The molecule has 1 N–H and O–H groups in total. The van der Waals surface area contributed by atoms with Gasteiger partial charge in [0.1, 0.15) is 0 Å². The van der Waals surface area contributed by atoms with Crippen LogP contribution in [0.2, 0.25) is 0 Å². The minimum Gasteiger partial charge on any atom is -0.481 e. The lowest BCUT2D eigenvalue weighted by Gasteiger charge is -2.27. The maximum atomic E-state index is 11.9. The minimum atomic E-state index is -0.860. The van der Waals surface area contributed by atoms with Crippen molar-refractivity contribution in [3.05, 3.63) is 0 Å². The first-order valence-electron chi connectivity index (χ1n) is 5.70. The van der Waals surface area contributed by atoms with Crippen molar-refractivity contribution in [2.75, 3.05) is 18.1 Å². The van der Waals surface area contributed by atoms with Gasteiger partial charge in [-0.2, -0.15) is 0 Å². The predicted octanol–water partition coefficient (Wildman–Crippen LogP) is 1.60. The van der Waals surface area contributed by atoms with Gasteiger partial charge in [0.2, 0.25) is 5.91 Å². The van der Waals surface area contributed by atoms with E-state index in [0.29, 0.717) is 6.04 Å². The summed E-state index contributed by atoms with van der Waals surface area (Å²) in [4.78, 5) is 24.1. The molecule has 4 nitrogen and oxygen atoms in total. The van der Waals surface area contributed by atoms with Gasteiger partial charge in [-0.25, -0.2) is 0 Å². The highest BCUT2D eigenvalue weighted by Crippen LogP contribution is 2.17. The molecule has 1 aliphatic rings. The van der Waals surface area contributed by atoms with Gasteiger partial charge >= 0.3 is 5.97 Å². The number of carbonyl (C=O) groups is 2. The van der Waals surface area contributed by atoms with Crippen molar-refractivity contribution in [3.8, 4) is 0 Å². The van der Waals surface area contributed by atoms with Gasteiger partial charge in [-0.15, -0.1) is 11.8 Å². The molecule has 0 saturated carbocycles. The SMILES string of the molecule is CC1CCCCCN1C(=O)CSCC(=O)O. The number of amides is 1. The van der Waals surface area contributed by atoms with Gasteiger partial charge in [-0.1, -0.05) is 12.8 Å². The zero-order valence-corrected chi connectivity index (χ0v) is 10.5. The number of hydrogen-bond acceptors (Lipinski definition) is 3. The van der Waals surface area contributed by atoms with Gasteiger partial charge in [0.05, 0.1) is 11.5 Å². The Labute approximate surface area is 100 Å². The minimum absolute atomic E-state index is 0.00790. The largest absolute Gasteiger partial charge is 0.481 e. The molecule has 92 valence electrons. The number of hydrogen-bond donors (Lipinski definition) is 1. The lowest BCUT2D eigenvalue weighted by molar-refractivity contribution is -0.133. The fraction of sp³-hybridized carbons (Fsp3) is 0.818. The van der Waals surface area contributed by atoms with Gasteiger partial charge in [-0.3, -0.25) is 9.59 Å². The van der Waals surface area contributed by atoms with Crippen LogP contribution in [0.15, 0.2) is 0 Å². The molecule has 1 saturated heterocycles. The standard InChI is InChI=1S/C11H19NO3S/c1-9-5-3-2-4-6-12(9)10(13)7-16-8-11(14)15/h9H,2-8H2,1H3,(H,14,15). The van der Waals surface area contributed by atoms with E-state index in [0.717, 1.165) is 19.4 Å². The molecule has 0 aromatic heterocycles. The van der Waals surface area contributed by atoms with E-state index in [1.165, 1.54) is 24.6 Å². The Hall–Kier alpha value is -0.710. The van der Waals surface area contributed by atoms with Crippen molar-refractivity contribution in [1.82, 2.24) is 4.90 Å². The summed E-state index contributed by atoms with van der Waals surface area (Å²) in [5.41, 5.74) is 0. The summed E-state index contributed by atoms with van der Waals surface area (Å²) in [6.07, 6.45) is 4.51. The average molecular weight is 245 g/mol. The van der Waals surface area contributed by atoms with Crippen LogP contribution in [0.5, 0.6) is 0 Å². The molecule has 0 bridgehead atoms. The molecule has 1 unspecified atom stereocenters. The molecular weight excluding hydrogens is 226 g/mol. The molecule has 0 aromatic rings. The second kappa shape index (κ2) is 6.78. The van der Waals surface area contributed by atoms with Crippen LogP contribution in [0.4, 0.5) is 0 Å². The molecule has 0 spiro atoms. The molecule has 1 atom stereocenters. The average Bonchev–Trinajstić information content (AvgIpc) is 2.42. The van der Waals surface area contributed by atoms with Crippen LogP contribution in [-0.2, 0) is 9.59 Å². The first-order chi connectivity index (χ1) is 7.61. The summed E-state index contributed by atoms with van der Waals surface area (Å²) in [5.74, 6) is -0.479. The lowest BCUT2D eigenvalue weighted by Crippen LogP contribution is -2.39. The molecule has 1 fully saturated rings. The van der Waals surface area contributed by atoms with Crippen LogP contribution in [0.3, 0.4) is 0 Å². The maximum absolute atomic E-state index is 11.9. The fourth-order valence-electron chi connectivity index (χ4n) is 1.95. The van der Waals surface area contributed by atoms with Crippen LogP contribution in [0, 0.1) is 0 Å². The third-order valence-electron chi connectivity index (χ3n) is 2.82. The molecule has 0 aliphatic carbocycles. The van der Waals surface area contributed by atoms with E-state index in [-0.39, 0.29) is 17.4 Å². The summed E-state index contributed by atoms with van der Waals surface area (Å²) in [5, 5.41) is 8.49. The van der Waals surface area contributed by atoms with Crippen LogP contribution in [-0.4, -0.2) is 46.0 Å². The molecule has 16 heavy (non-hydrogen) atoms. The van der Waals surface area contributed by atoms with Crippen LogP contribution < -0.4 is 0 Å². The Bertz CT molecular complexity index is 258. The number of aliphatic carboxylic acids is 1. The number of thioether (sulfide) groups is 1. The zero-order chi connectivity index (χ0) is 12.0. The number of carboxylic acid groups (broad SMARTS) is 1. The number of carbonyl (C=O) groups excluding carboxylic acids is 1. The number of nitrogens with zero attached hydrogens (tertiary/aromatic N) is 1. The van der Waals surface area contributed by atoms with Gasteiger partial charge in [-0.05, 0) is 19.8 Å². The quantitative estimate of drug-likeness (QED) is 0.817. The van der Waals surface area contributed by atoms with Crippen molar-refractivity contribution in [2.24, 2.45) is 0 Å². The third-order valence-corrected chi connectivity index (χ3v) is 3.73. The smallest absolute Gasteiger partial charge is 0.313 e. The summed E-state index contributed by atoms with van der Waals surface area (Å²) in [6.45, 7) is 2.90. The highest BCUT2D eigenvalue weighted by Gasteiger charge is 2.21. The third kappa shape index (κ3) is 4.43. The number of rotatable bonds is 4. The van der Waals surface area contributed by atoms with Gasteiger partial charge in [0, 0.05) is 12.6 Å². The number of carboxylic acids is 1. The second-order valence-corrected chi connectivity index (χ2v) is 5.16. The fourth-order valence-corrected chi connectivity index (χ4v) is 2.57. The van der Waals surface area contributed by atoms with E-state index in [1.807, 2.05) is 4.90 Å². The normalized spacial score (nSPS) is 21.6. The molecule has 1 heterocycles. The summed E-state index contributed by atoms with van der Waals surface area (Å²) >= 11 is 1.18. The zero-order valence-electron chi connectivity index (χ0n) is 9.65. The first-order valence-corrected chi connectivity index (χ1v) is 6.85. The summed E-state index contributed by atoms with van der Waals surface area (Å²) in [7, 11) is 0. The van der Waals surface area contributed by atoms with Crippen LogP contribution >= 0.6 is 11.8 Å². The highest BCUT2D eigenvalue weighted by molar-refractivity contribution is 8.00. The monoisotopic (exact) mass is 245 g/mol. The van der Waals surface area contributed by atoms with Crippen LogP contribution in [0.1, 0.15) is 32.6 Å². The highest BCUT2D eigenvalue weighted by atomic mass is 32.2. The van der Waals surface area contributed by atoms with Crippen molar-refractivity contribution in [1.29, 1.82) is 0 Å². The van der Waals surface area contributed by atoms with E-state index < -0.39 is 5.97 Å². The molecule has 1 rings (SSSR count). The predicted molar refractivity (Wildman–Crippen MR) is 64.6 cm³/mol. The molecule has 5 heteroatoms. The lowest BCUT2D eigenvalue weighted by atomic mass is 10.1.